The number of hydrogen-bond acceptors (Lipinski definition) is 7. The van der Waals surface area contributed by atoms with Gasteiger partial charge >= 0.3 is 0 Å². The second-order valence-corrected chi connectivity index (χ2v) is 9.25. The zero-order chi connectivity index (χ0) is 20.1. The number of hydrogen-bond donors (Lipinski definition) is 1. The molecule has 8 nitrogen and oxygen atoms in total. The molecule has 3 rings (SSSR count). The molecule has 0 bridgehead atoms. The van der Waals surface area contributed by atoms with Crippen molar-refractivity contribution in [3.05, 3.63) is 35.3 Å². The van der Waals surface area contributed by atoms with Crippen molar-refractivity contribution in [3.63, 3.8) is 0 Å². The lowest BCUT2D eigenvalue weighted by Crippen LogP contribution is -2.42. The highest BCUT2D eigenvalue weighted by Crippen LogP contribution is 2.22. The second kappa shape index (κ2) is 8.99. The third-order valence-electron chi connectivity index (χ3n) is 4.31. The number of amides is 1. The first-order chi connectivity index (χ1) is 13.4. The highest BCUT2D eigenvalue weighted by molar-refractivity contribution is 7.89. The Morgan fingerprint density at radius 1 is 1.39 bits per heavy atom. The van der Waals surface area contributed by atoms with Crippen LogP contribution < -0.4 is 10.1 Å². The Kier molecular flexibility index (Phi) is 6.65. The van der Waals surface area contributed by atoms with E-state index in [1.165, 1.54) is 34.9 Å². The van der Waals surface area contributed by atoms with Crippen molar-refractivity contribution in [3.8, 4) is 5.75 Å². The summed E-state index contributed by atoms with van der Waals surface area (Å²) in [6.07, 6.45) is 1.43. The zero-order valence-corrected chi connectivity index (χ0v) is 17.4. The molecular formula is C18H23N3O5S2. The van der Waals surface area contributed by atoms with Gasteiger partial charge in [-0.05, 0) is 44.0 Å². The Bertz CT molecular complexity index is 906. The molecule has 1 atom stereocenters. The van der Waals surface area contributed by atoms with Gasteiger partial charge in [0.15, 0.2) is 5.13 Å². The molecule has 1 aliphatic rings. The Morgan fingerprint density at radius 3 is 2.71 bits per heavy atom. The SMILES string of the molecule is COc1ccc(S(=O)(=O)N(CC(=O)Nc2nc(C)cs2)CC2CCCO2)cc1. The molecular weight excluding hydrogens is 402 g/mol. The molecule has 0 radical (unpaired) electrons. The molecule has 1 N–H and O–H groups in total. The number of thiazole rings is 1. The number of anilines is 1. The minimum Gasteiger partial charge on any atom is -0.497 e. The summed E-state index contributed by atoms with van der Waals surface area (Å²) < 4.78 is 38.1. The van der Waals surface area contributed by atoms with Gasteiger partial charge in [-0.2, -0.15) is 4.31 Å². The van der Waals surface area contributed by atoms with Crippen molar-refractivity contribution < 1.29 is 22.7 Å². The predicted molar refractivity (Wildman–Crippen MR) is 106 cm³/mol. The van der Waals surface area contributed by atoms with Crippen molar-refractivity contribution in [2.45, 2.75) is 30.8 Å². The summed E-state index contributed by atoms with van der Waals surface area (Å²) in [5, 5.41) is 4.92. The van der Waals surface area contributed by atoms with E-state index >= 15 is 0 Å². The van der Waals surface area contributed by atoms with Crippen molar-refractivity contribution in [1.82, 2.24) is 9.29 Å². The number of carbonyl (C=O) groups excluding carboxylic acids is 1. The molecule has 2 heterocycles. The maximum Gasteiger partial charge on any atom is 0.243 e. The summed E-state index contributed by atoms with van der Waals surface area (Å²) >= 11 is 1.30. The zero-order valence-electron chi connectivity index (χ0n) is 15.8. The minimum absolute atomic E-state index is 0.101. The van der Waals surface area contributed by atoms with E-state index in [2.05, 4.69) is 10.3 Å². The van der Waals surface area contributed by atoms with Gasteiger partial charge in [0.05, 0.1) is 30.3 Å². The van der Waals surface area contributed by atoms with Gasteiger partial charge in [-0.3, -0.25) is 4.79 Å². The van der Waals surface area contributed by atoms with Crippen LogP contribution in [0.1, 0.15) is 18.5 Å². The van der Waals surface area contributed by atoms with Gasteiger partial charge in [0.2, 0.25) is 15.9 Å². The van der Waals surface area contributed by atoms with Crippen LogP contribution in [0.2, 0.25) is 0 Å². The highest BCUT2D eigenvalue weighted by Gasteiger charge is 2.31. The lowest BCUT2D eigenvalue weighted by Gasteiger charge is -2.24. The van der Waals surface area contributed by atoms with E-state index in [4.69, 9.17) is 9.47 Å². The van der Waals surface area contributed by atoms with Gasteiger partial charge < -0.3 is 14.8 Å². The summed E-state index contributed by atoms with van der Waals surface area (Å²) in [7, 11) is -2.36. The number of ether oxygens (including phenoxy) is 2. The third-order valence-corrected chi connectivity index (χ3v) is 7.02. The molecule has 1 fully saturated rings. The molecule has 0 saturated carbocycles. The van der Waals surface area contributed by atoms with Gasteiger partial charge in [-0.15, -0.1) is 11.3 Å². The van der Waals surface area contributed by atoms with E-state index in [0.717, 1.165) is 18.5 Å². The topological polar surface area (TPSA) is 97.8 Å². The van der Waals surface area contributed by atoms with Crippen LogP contribution in [-0.2, 0) is 19.6 Å². The molecule has 152 valence electrons. The molecule has 0 spiro atoms. The first-order valence-electron chi connectivity index (χ1n) is 8.86. The Labute approximate surface area is 168 Å². The fourth-order valence-corrected chi connectivity index (χ4v) is 5.02. The first kappa shape index (κ1) is 20.7. The van der Waals surface area contributed by atoms with E-state index in [1.54, 1.807) is 12.1 Å². The highest BCUT2D eigenvalue weighted by atomic mass is 32.2. The average molecular weight is 426 g/mol. The van der Waals surface area contributed by atoms with Crippen molar-refractivity contribution in [1.29, 1.82) is 0 Å². The largest absolute Gasteiger partial charge is 0.497 e. The molecule has 0 aliphatic carbocycles. The molecule has 1 unspecified atom stereocenters. The summed E-state index contributed by atoms with van der Waals surface area (Å²) in [5.41, 5.74) is 0.794. The number of benzene rings is 1. The summed E-state index contributed by atoms with van der Waals surface area (Å²) in [6.45, 7) is 2.24. The number of nitrogens with one attached hydrogen (secondary N) is 1. The lowest BCUT2D eigenvalue weighted by atomic mass is 10.2. The smallest absolute Gasteiger partial charge is 0.243 e. The van der Waals surface area contributed by atoms with E-state index in [9.17, 15) is 13.2 Å². The number of rotatable bonds is 8. The van der Waals surface area contributed by atoms with E-state index in [0.29, 0.717) is 17.5 Å². The van der Waals surface area contributed by atoms with Crippen LogP contribution >= 0.6 is 11.3 Å². The molecule has 1 aromatic carbocycles. The maximum absolute atomic E-state index is 13.1. The molecule has 1 amide bonds. The second-order valence-electron chi connectivity index (χ2n) is 6.45. The molecule has 1 aliphatic heterocycles. The Balaban J connectivity index is 1.79. The number of sulfonamides is 1. The maximum atomic E-state index is 13.1. The number of carbonyl (C=O) groups is 1. The average Bonchev–Trinajstić information content (AvgIpc) is 3.33. The van der Waals surface area contributed by atoms with Crippen LogP contribution in [0.5, 0.6) is 5.75 Å². The van der Waals surface area contributed by atoms with Crippen molar-refractivity contribution >= 4 is 32.4 Å². The fourth-order valence-electron chi connectivity index (χ4n) is 2.89. The number of methoxy groups -OCH3 is 1. The van der Waals surface area contributed by atoms with E-state index < -0.39 is 15.9 Å². The first-order valence-corrected chi connectivity index (χ1v) is 11.2. The Hall–Kier alpha value is -2.01. The molecule has 10 heteroatoms. The van der Waals surface area contributed by atoms with Crippen LogP contribution in [0.15, 0.2) is 34.5 Å². The quantitative estimate of drug-likeness (QED) is 0.697. The lowest BCUT2D eigenvalue weighted by molar-refractivity contribution is -0.116. The van der Waals surface area contributed by atoms with E-state index in [1.807, 2.05) is 12.3 Å². The van der Waals surface area contributed by atoms with Gasteiger partial charge in [0.1, 0.15) is 5.75 Å². The molecule has 2 aromatic rings. The van der Waals surface area contributed by atoms with Crippen molar-refractivity contribution in [2.24, 2.45) is 0 Å². The van der Waals surface area contributed by atoms with Gasteiger partial charge in [0, 0.05) is 18.5 Å². The van der Waals surface area contributed by atoms with Crippen LogP contribution in [0.25, 0.3) is 0 Å². The summed E-state index contributed by atoms with van der Waals surface area (Å²) in [6, 6.07) is 6.10. The normalized spacial score (nSPS) is 17.0. The number of aryl methyl sites for hydroxylation is 1. The third kappa shape index (κ3) is 5.07. The number of nitrogens with zero attached hydrogens (tertiary/aromatic N) is 2. The van der Waals surface area contributed by atoms with Crippen LogP contribution in [0.3, 0.4) is 0 Å². The molecule has 1 aromatic heterocycles. The van der Waals surface area contributed by atoms with Gasteiger partial charge in [-0.1, -0.05) is 0 Å². The molecule has 28 heavy (non-hydrogen) atoms. The van der Waals surface area contributed by atoms with Gasteiger partial charge in [-0.25, -0.2) is 13.4 Å². The summed E-state index contributed by atoms with van der Waals surface area (Å²) in [4.78, 5) is 16.8. The monoisotopic (exact) mass is 425 g/mol. The van der Waals surface area contributed by atoms with Crippen LogP contribution in [-0.4, -0.2) is 56.5 Å². The fraction of sp³-hybridized carbons (Fsp3) is 0.444. The minimum atomic E-state index is -3.88. The van der Waals surface area contributed by atoms with Crippen LogP contribution in [0.4, 0.5) is 5.13 Å². The number of aromatic nitrogens is 1. The van der Waals surface area contributed by atoms with Crippen LogP contribution in [0, 0.1) is 6.92 Å². The molecule has 1 saturated heterocycles. The predicted octanol–water partition coefficient (Wildman–Crippen LogP) is 2.27. The summed E-state index contributed by atoms with van der Waals surface area (Å²) in [5.74, 6) is 0.117. The van der Waals surface area contributed by atoms with Crippen molar-refractivity contribution in [2.75, 3.05) is 32.1 Å². The standard InChI is InChI=1S/C18H23N3O5S2/c1-13-12-27-18(19-13)20-17(22)11-21(10-15-4-3-9-26-15)28(23,24)16-7-5-14(25-2)6-8-16/h5-8,12,15H,3-4,9-11H2,1-2H3,(H,19,20,22). The van der Waals surface area contributed by atoms with Gasteiger partial charge in [0.25, 0.3) is 0 Å². The Morgan fingerprint density at radius 2 is 2.14 bits per heavy atom. The van der Waals surface area contributed by atoms with E-state index in [-0.39, 0.29) is 24.1 Å².